The van der Waals surface area contributed by atoms with Crippen molar-refractivity contribution < 1.29 is 14.6 Å². The zero-order valence-electron chi connectivity index (χ0n) is 10.8. The molecule has 0 spiro atoms. The number of amides is 1. The molecular weight excluding hydrogens is 218 g/mol. The number of carbonyl (C=O) groups is 1. The molecule has 0 aromatic heterocycles. The average molecular weight is 241 g/mol. The molecule has 98 valence electrons. The van der Waals surface area contributed by atoms with Crippen LogP contribution in [-0.4, -0.2) is 47.8 Å². The van der Waals surface area contributed by atoms with Gasteiger partial charge in [0.15, 0.2) is 0 Å². The lowest BCUT2D eigenvalue weighted by Gasteiger charge is -2.39. The van der Waals surface area contributed by atoms with Gasteiger partial charge in [0, 0.05) is 25.6 Å². The molecule has 0 bridgehead atoms. The minimum atomic E-state index is -0.689. The van der Waals surface area contributed by atoms with Crippen molar-refractivity contribution in [3.8, 4) is 0 Å². The van der Waals surface area contributed by atoms with Gasteiger partial charge in [-0.05, 0) is 33.1 Å². The van der Waals surface area contributed by atoms with Gasteiger partial charge >= 0.3 is 0 Å². The van der Waals surface area contributed by atoms with E-state index in [2.05, 4.69) is 0 Å². The summed E-state index contributed by atoms with van der Waals surface area (Å²) >= 11 is 0. The summed E-state index contributed by atoms with van der Waals surface area (Å²) in [6.45, 7) is 6.48. The molecular formula is C13H23NO3. The van der Waals surface area contributed by atoms with Gasteiger partial charge in [-0.15, -0.1) is 0 Å². The summed E-state index contributed by atoms with van der Waals surface area (Å²) in [5.41, 5.74) is -0.689. The van der Waals surface area contributed by atoms with Crippen LogP contribution in [0.2, 0.25) is 0 Å². The summed E-state index contributed by atoms with van der Waals surface area (Å²) in [5, 5.41) is 10.0. The summed E-state index contributed by atoms with van der Waals surface area (Å²) in [7, 11) is 0. The van der Waals surface area contributed by atoms with Gasteiger partial charge in [0.25, 0.3) is 0 Å². The Hall–Kier alpha value is -0.610. The Morgan fingerprint density at radius 3 is 2.76 bits per heavy atom. The zero-order chi connectivity index (χ0) is 12.5. The van der Waals surface area contributed by atoms with Crippen LogP contribution in [0, 0.1) is 11.8 Å². The molecule has 2 rings (SSSR count). The van der Waals surface area contributed by atoms with Crippen molar-refractivity contribution in [1.29, 1.82) is 0 Å². The molecule has 0 aliphatic carbocycles. The van der Waals surface area contributed by atoms with Crippen molar-refractivity contribution in [2.24, 2.45) is 11.8 Å². The molecule has 17 heavy (non-hydrogen) atoms. The third-order valence-corrected chi connectivity index (χ3v) is 4.01. The molecule has 2 aliphatic heterocycles. The largest absolute Gasteiger partial charge is 0.390 e. The average Bonchev–Trinajstić information content (AvgIpc) is 2.80. The fraction of sp³-hybridized carbons (Fsp3) is 0.923. The minimum Gasteiger partial charge on any atom is -0.390 e. The maximum atomic E-state index is 12.2. The highest BCUT2D eigenvalue weighted by Gasteiger charge is 2.35. The Labute approximate surface area is 103 Å². The molecule has 0 aromatic rings. The summed E-state index contributed by atoms with van der Waals surface area (Å²) in [6.07, 6.45) is 2.85. The highest BCUT2D eigenvalue weighted by atomic mass is 16.5. The van der Waals surface area contributed by atoms with E-state index in [0.29, 0.717) is 19.8 Å². The molecule has 1 N–H and O–H groups in total. The van der Waals surface area contributed by atoms with Crippen molar-refractivity contribution in [1.82, 2.24) is 4.90 Å². The van der Waals surface area contributed by atoms with Crippen molar-refractivity contribution in [2.45, 2.75) is 38.7 Å². The number of hydrogen-bond acceptors (Lipinski definition) is 3. The van der Waals surface area contributed by atoms with Crippen LogP contribution in [0.25, 0.3) is 0 Å². The number of nitrogens with zero attached hydrogens (tertiary/aromatic N) is 1. The van der Waals surface area contributed by atoms with Gasteiger partial charge in [0.2, 0.25) is 5.91 Å². The molecule has 2 heterocycles. The summed E-state index contributed by atoms with van der Waals surface area (Å²) in [4.78, 5) is 14.2. The Morgan fingerprint density at radius 2 is 2.18 bits per heavy atom. The third kappa shape index (κ3) is 2.99. The molecule has 0 saturated carbocycles. The van der Waals surface area contributed by atoms with Crippen LogP contribution in [0.15, 0.2) is 0 Å². The maximum Gasteiger partial charge on any atom is 0.228 e. The van der Waals surface area contributed by atoms with E-state index in [1.54, 1.807) is 0 Å². The zero-order valence-corrected chi connectivity index (χ0v) is 10.8. The summed E-state index contributed by atoms with van der Waals surface area (Å²) < 4.78 is 5.27. The Morgan fingerprint density at radius 1 is 1.41 bits per heavy atom. The van der Waals surface area contributed by atoms with Crippen molar-refractivity contribution in [3.63, 3.8) is 0 Å². The lowest BCUT2D eigenvalue weighted by Crippen LogP contribution is -2.48. The minimum absolute atomic E-state index is 0.0514. The quantitative estimate of drug-likeness (QED) is 0.785. The van der Waals surface area contributed by atoms with Crippen LogP contribution >= 0.6 is 0 Å². The van der Waals surface area contributed by atoms with Gasteiger partial charge in [-0.1, -0.05) is 0 Å². The number of likely N-dealkylation sites (tertiary alicyclic amines) is 1. The Kier molecular flexibility index (Phi) is 3.73. The van der Waals surface area contributed by atoms with Gasteiger partial charge < -0.3 is 14.7 Å². The summed E-state index contributed by atoms with van der Waals surface area (Å²) in [5.74, 6) is 0.467. The van der Waals surface area contributed by atoms with Crippen LogP contribution in [0.5, 0.6) is 0 Å². The van der Waals surface area contributed by atoms with Crippen LogP contribution in [-0.2, 0) is 9.53 Å². The number of hydrogen-bond donors (Lipinski definition) is 1. The second-order valence-corrected chi connectivity index (χ2v) is 5.84. The molecule has 2 atom stereocenters. The van der Waals surface area contributed by atoms with E-state index in [1.807, 2.05) is 18.7 Å². The fourth-order valence-electron chi connectivity index (χ4n) is 2.74. The van der Waals surface area contributed by atoms with Crippen molar-refractivity contribution in [2.75, 3.05) is 26.3 Å². The normalized spacial score (nSPS) is 30.6. The molecule has 2 fully saturated rings. The third-order valence-electron chi connectivity index (χ3n) is 4.01. The number of aliphatic hydroxyl groups is 1. The Bertz CT molecular complexity index is 279. The smallest absolute Gasteiger partial charge is 0.228 e. The van der Waals surface area contributed by atoms with Crippen LogP contribution in [0.3, 0.4) is 0 Å². The van der Waals surface area contributed by atoms with Crippen molar-refractivity contribution in [3.05, 3.63) is 0 Å². The van der Waals surface area contributed by atoms with E-state index in [1.165, 1.54) is 0 Å². The lowest BCUT2D eigenvalue weighted by atomic mass is 9.84. The predicted molar refractivity (Wildman–Crippen MR) is 64.5 cm³/mol. The van der Waals surface area contributed by atoms with E-state index >= 15 is 0 Å². The van der Waals surface area contributed by atoms with E-state index in [0.717, 1.165) is 25.8 Å². The first kappa shape index (κ1) is 12.8. The van der Waals surface area contributed by atoms with Crippen LogP contribution in [0.4, 0.5) is 0 Å². The monoisotopic (exact) mass is 241 g/mol. The second-order valence-electron chi connectivity index (χ2n) is 5.84. The first-order valence-electron chi connectivity index (χ1n) is 6.57. The maximum absolute atomic E-state index is 12.2. The highest BCUT2D eigenvalue weighted by molar-refractivity contribution is 5.79. The van der Waals surface area contributed by atoms with Gasteiger partial charge in [-0.2, -0.15) is 0 Å². The fourth-order valence-corrected chi connectivity index (χ4v) is 2.74. The van der Waals surface area contributed by atoms with E-state index in [-0.39, 0.29) is 17.7 Å². The number of piperidine rings is 1. The molecule has 2 unspecified atom stereocenters. The van der Waals surface area contributed by atoms with Gasteiger partial charge in [0.05, 0.1) is 18.1 Å². The van der Waals surface area contributed by atoms with Gasteiger partial charge in [-0.3, -0.25) is 4.79 Å². The molecule has 4 nitrogen and oxygen atoms in total. The lowest BCUT2D eigenvalue weighted by molar-refractivity contribution is -0.139. The predicted octanol–water partition coefficient (Wildman–Crippen LogP) is 1.03. The topological polar surface area (TPSA) is 49.8 Å². The van der Waals surface area contributed by atoms with Gasteiger partial charge in [-0.25, -0.2) is 0 Å². The SMILES string of the molecule is CC(C)(O)C1CCCN(C(=O)C2CCOC2)C1. The molecule has 0 radical (unpaired) electrons. The molecule has 1 amide bonds. The summed E-state index contributed by atoms with van der Waals surface area (Å²) in [6, 6.07) is 0. The van der Waals surface area contributed by atoms with Crippen molar-refractivity contribution >= 4 is 5.91 Å². The first-order valence-corrected chi connectivity index (χ1v) is 6.57. The number of ether oxygens (including phenoxy) is 1. The number of rotatable bonds is 2. The first-order chi connectivity index (χ1) is 7.98. The standard InChI is InChI=1S/C13H23NO3/c1-13(2,16)11-4-3-6-14(8-11)12(15)10-5-7-17-9-10/h10-11,16H,3-9H2,1-2H3. The second kappa shape index (κ2) is 4.94. The van der Waals surface area contributed by atoms with E-state index < -0.39 is 5.60 Å². The molecule has 0 aromatic carbocycles. The van der Waals surface area contributed by atoms with E-state index in [4.69, 9.17) is 4.74 Å². The van der Waals surface area contributed by atoms with Gasteiger partial charge in [0.1, 0.15) is 0 Å². The number of carbonyl (C=O) groups excluding carboxylic acids is 1. The molecule has 2 aliphatic rings. The van der Waals surface area contributed by atoms with Crippen LogP contribution < -0.4 is 0 Å². The van der Waals surface area contributed by atoms with E-state index in [9.17, 15) is 9.90 Å². The highest BCUT2D eigenvalue weighted by Crippen LogP contribution is 2.28. The Balaban J connectivity index is 1.94. The van der Waals surface area contributed by atoms with Crippen LogP contribution in [0.1, 0.15) is 33.1 Å². The molecule has 4 heteroatoms. The molecule has 2 saturated heterocycles.